The number of benzene rings is 3. The van der Waals surface area contributed by atoms with Crippen LogP contribution in [0.15, 0.2) is 92.1 Å². The van der Waals surface area contributed by atoms with Crippen molar-refractivity contribution in [3.8, 4) is 0 Å². The lowest BCUT2D eigenvalue weighted by Crippen LogP contribution is -2.15. The van der Waals surface area contributed by atoms with Gasteiger partial charge in [0, 0.05) is 42.7 Å². The Kier molecular flexibility index (Phi) is 11.5. The minimum atomic E-state index is -4.16. The molecule has 0 heterocycles. The zero-order valence-electron chi connectivity index (χ0n) is 23.6. The summed E-state index contributed by atoms with van der Waals surface area (Å²) in [4.78, 5) is -0.0794. The van der Waals surface area contributed by atoms with Crippen molar-refractivity contribution in [2.24, 2.45) is 9.49 Å². The lowest BCUT2D eigenvalue weighted by atomic mass is 10.2. The second-order valence-corrected chi connectivity index (χ2v) is 15.8. The fourth-order valence-corrected chi connectivity index (χ4v) is 7.88. The molecule has 3 aromatic carbocycles. The number of anilines is 2. The number of rotatable bonds is 14. The first-order valence-electron chi connectivity index (χ1n) is 11.9. The lowest BCUT2D eigenvalue weighted by molar-refractivity contribution is 0.224. The molecular weight excluding hydrogens is 630 g/mol. The van der Waals surface area contributed by atoms with Gasteiger partial charge in [0.05, 0.1) is 32.5 Å². The number of nitrogens with zero attached hydrogens (tertiary/aromatic N) is 2. The lowest BCUT2D eigenvalue weighted by Gasteiger charge is -2.21. The molecule has 2 N–H and O–H groups in total. The van der Waals surface area contributed by atoms with Gasteiger partial charge in [-0.25, -0.2) is 16.8 Å². The minimum absolute atomic E-state index is 0.0397. The smallest absolute Gasteiger partial charge is 0.306 e. The molecule has 3 rings (SSSR count). The van der Waals surface area contributed by atoms with E-state index in [0.717, 1.165) is 0 Å². The number of sulfonamides is 2. The van der Waals surface area contributed by atoms with Crippen LogP contribution in [0.2, 0.25) is 0 Å². The SMILES string of the molecule is COP(=Nc1cc(NS(=O)(=O)c2ccccc2)c(N=P(OC)(OC)OC)cc1NS(=O)(=O)c1ccccc1)(OC)OC. The van der Waals surface area contributed by atoms with Crippen LogP contribution < -0.4 is 9.44 Å². The average Bonchev–Trinajstić information content (AvgIpc) is 3.01. The third-order valence-electron chi connectivity index (χ3n) is 5.55. The predicted molar refractivity (Wildman–Crippen MR) is 161 cm³/mol. The van der Waals surface area contributed by atoms with E-state index in [1.54, 1.807) is 36.4 Å². The van der Waals surface area contributed by atoms with Crippen molar-refractivity contribution in [1.82, 2.24) is 0 Å². The standard InChI is InChI=1S/C24H32N4O10P2S2/c1-33-39(34-2,35-3)25-21-17-24(28-42(31,32)20-15-11-8-12-16-20)22(26-40(36-4,37-5)38-6)18-23(21)27-41(29,30)19-13-9-7-10-14-19/h7-18,27-28H,1-6H3. The molecule has 3 aromatic rings. The highest BCUT2D eigenvalue weighted by Crippen LogP contribution is 2.58. The molecule has 0 saturated carbocycles. The molecule has 0 bridgehead atoms. The zero-order valence-corrected chi connectivity index (χ0v) is 27.0. The van der Waals surface area contributed by atoms with Gasteiger partial charge in [-0.2, -0.15) is 9.49 Å². The molecule has 0 fully saturated rings. The van der Waals surface area contributed by atoms with Crippen molar-refractivity contribution in [2.45, 2.75) is 9.79 Å². The van der Waals surface area contributed by atoms with Gasteiger partial charge < -0.3 is 27.1 Å². The summed E-state index contributed by atoms with van der Waals surface area (Å²) in [6.07, 6.45) is 0. The quantitative estimate of drug-likeness (QED) is 0.186. The van der Waals surface area contributed by atoms with E-state index in [1.165, 1.54) is 79.1 Å². The number of hydrogen-bond acceptors (Lipinski definition) is 12. The van der Waals surface area contributed by atoms with Crippen molar-refractivity contribution in [3.05, 3.63) is 72.8 Å². The van der Waals surface area contributed by atoms with Gasteiger partial charge in [-0.3, -0.25) is 9.44 Å². The highest BCUT2D eigenvalue weighted by Gasteiger charge is 2.27. The van der Waals surface area contributed by atoms with Crippen molar-refractivity contribution in [3.63, 3.8) is 0 Å². The molecule has 18 heteroatoms. The van der Waals surface area contributed by atoms with Crippen LogP contribution in [0, 0.1) is 0 Å². The molecule has 0 spiro atoms. The molecule has 0 aromatic heterocycles. The largest absolute Gasteiger partial charge is 0.359 e. The van der Waals surface area contributed by atoms with Gasteiger partial charge in [-0.05, 0) is 36.4 Å². The first-order chi connectivity index (χ1) is 19.9. The Morgan fingerprint density at radius 2 is 0.810 bits per heavy atom. The maximum Gasteiger partial charge on any atom is 0.359 e. The molecule has 0 saturated heterocycles. The summed E-state index contributed by atoms with van der Waals surface area (Å²) in [5.41, 5.74) is -0.405. The fourth-order valence-electron chi connectivity index (χ4n) is 3.47. The highest BCUT2D eigenvalue weighted by molar-refractivity contribution is 7.93. The molecule has 14 nitrogen and oxygen atoms in total. The van der Waals surface area contributed by atoms with Gasteiger partial charge >= 0.3 is 15.5 Å². The molecule has 42 heavy (non-hydrogen) atoms. The summed E-state index contributed by atoms with van der Waals surface area (Å²) in [5, 5.41) is 0. The van der Waals surface area contributed by atoms with Gasteiger partial charge in [0.1, 0.15) is 0 Å². The Bertz CT molecular complexity index is 1540. The van der Waals surface area contributed by atoms with E-state index in [0.29, 0.717) is 0 Å². The van der Waals surface area contributed by atoms with Crippen LogP contribution in [0.1, 0.15) is 0 Å². The Hall–Kier alpha value is -2.62. The number of hydrogen-bond donors (Lipinski definition) is 2. The van der Waals surface area contributed by atoms with Gasteiger partial charge in [0.25, 0.3) is 20.0 Å². The summed E-state index contributed by atoms with van der Waals surface area (Å²) in [6.45, 7) is 0. The predicted octanol–water partition coefficient (Wildman–Crippen LogP) is 6.32. The number of nitrogens with one attached hydrogen (secondary N) is 2. The van der Waals surface area contributed by atoms with Crippen molar-refractivity contribution >= 4 is 58.3 Å². The average molecular weight is 663 g/mol. The highest BCUT2D eigenvalue weighted by atomic mass is 32.2. The first-order valence-corrected chi connectivity index (χ1v) is 17.8. The van der Waals surface area contributed by atoms with Crippen molar-refractivity contribution < 1.29 is 44.0 Å². The second-order valence-electron chi connectivity index (χ2n) is 7.96. The summed E-state index contributed by atoms with van der Waals surface area (Å²) in [6, 6.07) is 17.7. The Balaban J connectivity index is 2.40. The van der Waals surface area contributed by atoms with E-state index < -0.39 is 35.5 Å². The van der Waals surface area contributed by atoms with E-state index >= 15 is 0 Å². The van der Waals surface area contributed by atoms with Crippen LogP contribution in [-0.2, 0) is 47.2 Å². The summed E-state index contributed by atoms with van der Waals surface area (Å²) >= 11 is 0. The normalized spacial score (nSPS) is 12.5. The Morgan fingerprint density at radius 1 is 0.524 bits per heavy atom. The molecular formula is C24H32N4O10P2S2. The van der Waals surface area contributed by atoms with Crippen LogP contribution in [0.5, 0.6) is 0 Å². The van der Waals surface area contributed by atoms with E-state index in [2.05, 4.69) is 18.9 Å². The molecule has 0 aliphatic rings. The molecule has 230 valence electrons. The van der Waals surface area contributed by atoms with Gasteiger partial charge in [-0.15, -0.1) is 0 Å². The van der Waals surface area contributed by atoms with E-state index in [-0.39, 0.29) is 32.5 Å². The molecule has 0 aliphatic carbocycles. The van der Waals surface area contributed by atoms with E-state index in [9.17, 15) is 16.8 Å². The molecule has 0 atom stereocenters. The van der Waals surface area contributed by atoms with Gasteiger partial charge in [0.2, 0.25) is 0 Å². The van der Waals surface area contributed by atoms with Crippen LogP contribution in [0.25, 0.3) is 0 Å². The molecule has 0 unspecified atom stereocenters. The summed E-state index contributed by atoms with van der Waals surface area (Å²) in [7, 11) is -7.35. The second kappa shape index (κ2) is 14.2. The first kappa shape index (κ1) is 33.9. The Morgan fingerprint density at radius 3 is 1.07 bits per heavy atom. The molecule has 0 radical (unpaired) electrons. The van der Waals surface area contributed by atoms with Crippen LogP contribution in [0.4, 0.5) is 22.7 Å². The van der Waals surface area contributed by atoms with Crippen molar-refractivity contribution in [1.29, 1.82) is 0 Å². The van der Waals surface area contributed by atoms with E-state index in [1.807, 2.05) is 0 Å². The maximum atomic E-state index is 13.3. The van der Waals surface area contributed by atoms with Crippen molar-refractivity contribution in [2.75, 3.05) is 52.1 Å². The third kappa shape index (κ3) is 7.85. The van der Waals surface area contributed by atoms with E-state index in [4.69, 9.17) is 27.1 Å². The van der Waals surface area contributed by atoms with Crippen LogP contribution in [-0.4, -0.2) is 59.5 Å². The monoisotopic (exact) mass is 662 g/mol. The third-order valence-corrected chi connectivity index (χ3v) is 12.0. The fraction of sp³-hybridized carbons (Fsp3) is 0.250. The zero-order chi connectivity index (χ0) is 31.0. The summed E-state index contributed by atoms with van der Waals surface area (Å²) in [5.74, 6) is 0. The molecule has 0 amide bonds. The van der Waals surface area contributed by atoms with Crippen LogP contribution >= 0.6 is 15.5 Å². The Labute approximate surface area is 246 Å². The topological polar surface area (TPSA) is 172 Å². The van der Waals surface area contributed by atoms with Crippen LogP contribution in [0.3, 0.4) is 0 Å². The maximum absolute atomic E-state index is 13.3. The minimum Gasteiger partial charge on any atom is -0.306 e. The molecule has 0 aliphatic heterocycles. The summed E-state index contributed by atoms with van der Waals surface area (Å²) < 4.78 is 99.6. The van der Waals surface area contributed by atoms with Gasteiger partial charge in [0.15, 0.2) is 0 Å². The van der Waals surface area contributed by atoms with Gasteiger partial charge in [-0.1, -0.05) is 36.4 Å².